The highest BCUT2D eigenvalue weighted by atomic mass is 32.2. The van der Waals surface area contributed by atoms with E-state index in [9.17, 15) is 18.0 Å². The molecule has 1 aromatic rings. The second kappa shape index (κ2) is 8.22. The predicted molar refractivity (Wildman–Crippen MR) is 104 cm³/mol. The summed E-state index contributed by atoms with van der Waals surface area (Å²) in [6.45, 7) is 1.48. The van der Waals surface area contributed by atoms with E-state index in [1.807, 2.05) is 35.7 Å². The number of hydrogen-bond acceptors (Lipinski definition) is 7. The van der Waals surface area contributed by atoms with Gasteiger partial charge >= 0.3 is 5.97 Å². The molecular formula is C17H21NO5S3. The highest BCUT2D eigenvalue weighted by Gasteiger charge is 2.30. The lowest BCUT2D eigenvalue weighted by molar-refractivity contribution is -0.129. The van der Waals surface area contributed by atoms with E-state index in [1.54, 1.807) is 12.1 Å². The van der Waals surface area contributed by atoms with Crippen LogP contribution in [0.15, 0.2) is 24.3 Å². The minimum absolute atomic E-state index is 0.0575. The van der Waals surface area contributed by atoms with E-state index in [4.69, 9.17) is 4.74 Å². The van der Waals surface area contributed by atoms with E-state index in [2.05, 4.69) is 5.32 Å². The van der Waals surface area contributed by atoms with E-state index in [1.165, 1.54) is 12.5 Å². The molecule has 9 heteroatoms. The summed E-state index contributed by atoms with van der Waals surface area (Å²) in [5.74, 6) is 1.25. The number of carbonyl (C=O) groups excluding carboxylic acids is 2. The smallest absolute Gasteiger partial charge is 0.338 e. The lowest BCUT2D eigenvalue weighted by Crippen LogP contribution is -2.42. The van der Waals surface area contributed by atoms with Crippen molar-refractivity contribution in [2.24, 2.45) is 0 Å². The summed E-state index contributed by atoms with van der Waals surface area (Å²) in [6.07, 6.45) is -0.584. The molecule has 6 nitrogen and oxygen atoms in total. The van der Waals surface area contributed by atoms with Gasteiger partial charge in [-0.2, -0.15) is 0 Å². The number of rotatable bonds is 5. The number of thioether (sulfide) groups is 2. The van der Waals surface area contributed by atoms with Gasteiger partial charge in [-0.15, -0.1) is 23.5 Å². The minimum atomic E-state index is -3.07. The van der Waals surface area contributed by atoms with Crippen molar-refractivity contribution in [2.75, 3.05) is 23.0 Å². The fraction of sp³-hybridized carbons (Fsp3) is 0.529. The molecule has 1 amide bonds. The zero-order valence-corrected chi connectivity index (χ0v) is 16.8. The van der Waals surface area contributed by atoms with Gasteiger partial charge in [-0.1, -0.05) is 12.1 Å². The molecule has 0 unspecified atom stereocenters. The van der Waals surface area contributed by atoms with Crippen LogP contribution in [0.1, 0.15) is 33.8 Å². The van der Waals surface area contributed by atoms with Crippen molar-refractivity contribution in [2.45, 2.75) is 30.1 Å². The number of esters is 1. The summed E-state index contributed by atoms with van der Waals surface area (Å²) >= 11 is 3.78. The monoisotopic (exact) mass is 415 g/mol. The number of benzene rings is 1. The maximum atomic E-state index is 12.2. The first-order valence-electron chi connectivity index (χ1n) is 8.39. The minimum Gasteiger partial charge on any atom is -0.449 e. The SMILES string of the molecule is C[C@H](OC(=O)c1ccc(C2SCCS2)cc1)C(=O)N[C@@H]1CCS(=O)(=O)C1. The van der Waals surface area contributed by atoms with Crippen LogP contribution >= 0.6 is 23.5 Å². The Bertz CT molecular complexity index is 772. The molecule has 142 valence electrons. The Hall–Kier alpha value is -1.19. The number of ether oxygens (including phenoxy) is 1. The van der Waals surface area contributed by atoms with Crippen LogP contribution in [0.3, 0.4) is 0 Å². The summed E-state index contributed by atoms with van der Waals surface area (Å²) in [5.41, 5.74) is 1.56. The molecule has 0 radical (unpaired) electrons. The number of hydrogen-bond donors (Lipinski definition) is 1. The first-order chi connectivity index (χ1) is 12.3. The Balaban J connectivity index is 1.52. The van der Waals surface area contributed by atoms with Gasteiger partial charge in [-0.25, -0.2) is 13.2 Å². The van der Waals surface area contributed by atoms with Crippen molar-refractivity contribution in [1.82, 2.24) is 5.32 Å². The maximum Gasteiger partial charge on any atom is 0.338 e. The third-order valence-corrected chi connectivity index (χ3v) is 9.14. The molecule has 1 N–H and O–H groups in total. The summed E-state index contributed by atoms with van der Waals surface area (Å²) in [7, 11) is -3.07. The van der Waals surface area contributed by atoms with Gasteiger partial charge in [0.05, 0.1) is 21.7 Å². The average Bonchev–Trinajstić information content (AvgIpc) is 3.24. The largest absolute Gasteiger partial charge is 0.449 e. The van der Waals surface area contributed by atoms with Gasteiger partial charge in [0.2, 0.25) is 0 Å². The van der Waals surface area contributed by atoms with Crippen molar-refractivity contribution in [3.63, 3.8) is 0 Å². The van der Waals surface area contributed by atoms with Gasteiger partial charge in [-0.3, -0.25) is 4.79 Å². The van der Waals surface area contributed by atoms with Crippen LogP contribution in [0.5, 0.6) is 0 Å². The van der Waals surface area contributed by atoms with Crippen LogP contribution in [0.2, 0.25) is 0 Å². The quantitative estimate of drug-likeness (QED) is 0.736. The molecule has 26 heavy (non-hydrogen) atoms. The first kappa shape index (κ1) is 19.6. The third-order valence-electron chi connectivity index (χ3n) is 4.27. The highest BCUT2D eigenvalue weighted by molar-refractivity contribution is 8.19. The van der Waals surface area contributed by atoms with Crippen LogP contribution in [-0.4, -0.2) is 55.5 Å². The van der Waals surface area contributed by atoms with Crippen LogP contribution in [0.25, 0.3) is 0 Å². The Morgan fingerprint density at radius 1 is 1.19 bits per heavy atom. The van der Waals surface area contributed by atoms with Crippen LogP contribution in [0, 0.1) is 0 Å². The van der Waals surface area contributed by atoms with Gasteiger partial charge in [0.25, 0.3) is 5.91 Å². The molecule has 0 spiro atoms. The highest BCUT2D eigenvalue weighted by Crippen LogP contribution is 2.45. The topological polar surface area (TPSA) is 89.5 Å². The van der Waals surface area contributed by atoms with Crippen molar-refractivity contribution in [3.05, 3.63) is 35.4 Å². The molecule has 2 fully saturated rings. The molecule has 2 aliphatic rings. The fourth-order valence-corrected chi connectivity index (χ4v) is 7.37. The van der Waals surface area contributed by atoms with Gasteiger partial charge in [-0.05, 0) is 31.0 Å². The van der Waals surface area contributed by atoms with Crippen molar-refractivity contribution in [3.8, 4) is 0 Å². The molecule has 2 heterocycles. The number of nitrogens with one attached hydrogen (secondary N) is 1. The Morgan fingerprint density at radius 2 is 1.85 bits per heavy atom. The van der Waals surface area contributed by atoms with E-state index >= 15 is 0 Å². The lowest BCUT2D eigenvalue weighted by Gasteiger charge is -2.16. The molecule has 0 aromatic heterocycles. The summed E-state index contributed by atoms with van der Waals surface area (Å²) in [5, 5.41) is 2.64. The molecule has 0 aliphatic carbocycles. The third kappa shape index (κ3) is 4.95. The summed E-state index contributed by atoms with van der Waals surface area (Å²) < 4.78 is 28.5. The summed E-state index contributed by atoms with van der Waals surface area (Å²) in [4.78, 5) is 24.3. The lowest BCUT2D eigenvalue weighted by atomic mass is 10.1. The Labute approximate surface area is 161 Å². The molecule has 2 atom stereocenters. The second-order valence-corrected chi connectivity index (χ2v) is 11.3. The van der Waals surface area contributed by atoms with Gasteiger partial charge in [0.1, 0.15) is 0 Å². The van der Waals surface area contributed by atoms with E-state index in [0.717, 1.165) is 11.5 Å². The van der Waals surface area contributed by atoms with Gasteiger partial charge in [0.15, 0.2) is 15.9 Å². The molecule has 1 aromatic carbocycles. The van der Waals surface area contributed by atoms with Crippen LogP contribution < -0.4 is 5.32 Å². The second-order valence-electron chi connectivity index (χ2n) is 6.35. The van der Waals surface area contributed by atoms with Crippen LogP contribution in [-0.2, 0) is 19.4 Å². The molecule has 2 saturated heterocycles. The van der Waals surface area contributed by atoms with E-state index < -0.39 is 33.9 Å². The van der Waals surface area contributed by atoms with Crippen molar-refractivity contribution < 1.29 is 22.7 Å². The fourth-order valence-electron chi connectivity index (χ4n) is 2.84. The zero-order valence-electron chi connectivity index (χ0n) is 14.3. The number of amides is 1. The molecule has 3 rings (SSSR count). The van der Waals surface area contributed by atoms with Crippen LogP contribution in [0.4, 0.5) is 0 Å². The summed E-state index contributed by atoms with van der Waals surface area (Å²) in [6, 6.07) is 6.85. The van der Waals surface area contributed by atoms with Gasteiger partial charge < -0.3 is 10.1 Å². The Morgan fingerprint density at radius 3 is 2.42 bits per heavy atom. The normalized spacial score (nSPS) is 23.5. The first-order valence-corrected chi connectivity index (χ1v) is 12.3. The van der Waals surface area contributed by atoms with E-state index in [-0.39, 0.29) is 11.5 Å². The molecule has 0 bridgehead atoms. The molecule has 0 saturated carbocycles. The van der Waals surface area contributed by atoms with Crippen molar-refractivity contribution >= 4 is 45.2 Å². The average molecular weight is 416 g/mol. The van der Waals surface area contributed by atoms with Crippen molar-refractivity contribution in [1.29, 1.82) is 0 Å². The van der Waals surface area contributed by atoms with E-state index in [0.29, 0.717) is 16.6 Å². The number of carbonyl (C=O) groups is 2. The molecular weight excluding hydrogens is 394 g/mol. The maximum absolute atomic E-state index is 12.2. The standard InChI is InChI=1S/C17H21NO5S3/c1-11(15(19)18-14-6-9-26(21,22)10-14)23-16(20)12-2-4-13(5-3-12)17-24-7-8-25-17/h2-5,11,14,17H,6-10H2,1H3,(H,18,19)/t11-,14+/m0/s1. The predicted octanol–water partition coefficient (Wildman–Crippen LogP) is 2.01. The number of sulfone groups is 1. The zero-order chi connectivity index (χ0) is 18.7. The Kier molecular flexibility index (Phi) is 6.19. The molecule has 2 aliphatic heterocycles. The van der Waals surface area contributed by atoms with Gasteiger partial charge in [0, 0.05) is 17.5 Å².